The molecule has 1 aliphatic rings. The molecule has 214 valence electrons. The maximum atomic E-state index is 2.53. The lowest BCUT2D eigenvalue weighted by Crippen LogP contribution is -2.20. The molecule has 0 atom stereocenters. The van der Waals surface area contributed by atoms with Crippen LogP contribution in [-0.4, -0.2) is 0 Å². The minimum absolute atomic E-state index is 0.151. The maximum Gasteiger partial charge on any atom is 0.0640 e. The average molecular weight is 594 g/mol. The van der Waals surface area contributed by atoms with Gasteiger partial charge in [0.15, 0.2) is 0 Å². The van der Waals surface area contributed by atoms with E-state index in [0.29, 0.717) is 0 Å². The lowest BCUT2D eigenvalue weighted by atomic mass is 9.81. The first kappa shape index (κ1) is 26.2. The van der Waals surface area contributed by atoms with Gasteiger partial charge in [0, 0.05) is 26.6 Å². The van der Waals surface area contributed by atoms with E-state index in [1.54, 1.807) is 0 Å². The van der Waals surface area contributed by atoms with E-state index in [-0.39, 0.29) is 5.41 Å². The zero-order valence-electron chi connectivity index (χ0n) is 25.3. The number of thiophene rings is 1. The van der Waals surface area contributed by atoms with Crippen molar-refractivity contribution in [3.63, 3.8) is 0 Å². The molecule has 0 unspecified atom stereocenters. The molecule has 1 aliphatic carbocycles. The monoisotopic (exact) mass is 593 g/mol. The summed E-state index contributed by atoms with van der Waals surface area (Å²) in [5.41, 5.74) is 11.3. The Morgan fingerprint density at radius 3 is 2.09 bits per heavy atom. The van der Waals surface area contributed by atoms with Crippen LogP contribution >= 0.6 is 11.3 Å². The molecular formula is C43H31NS. The molecule has 0 amide bonds. The van der Waals surface area contributed by atoms with Gasteiger partial charge in [-0.3, -0.25) is 0 Å². The van der Waals surface area contributed by atoms with E-state index in [9.17, 15) is 0 Å². The van der Waals surface area contributed by atoms with Crippen molar-refractivity contribution in [3.05, 3.63) is 163 Å². The van der Waals surface area contributed by atoms with E-state index in [2.05, 4.69) is 170 Å². The number of benzene rings is 7. The molecule has 0 aliphatic heterocycles. The third kappa shape index (κ3) is 3.92. The highest BCUT2D eigenvalue weighted by molar-refractivity contribution is 7.26. The molecule has 0 saturated carbocycles. The third-order valence-corrected chi connectivity index (χ3v) is 10.8. The predicted octanol–water partition coefficient (Wildman–Crippen LogP) is 12.7. The summed E-state index contributed by atoms with van der Waals surface area (Å²) in [4.78, 5) is 2.53. The molecule has 0 N–H and O–H groups in total. The molecule has 45 heavy (non-hydrogen) atoms. The molecule has 0 saturated heterocycles. The van der Waals surface area contributed by atoms with Gasteiger partial charge in [-0.2, -0.15) is 0 Å². The van der Waals surface area contributed by atoms with Crippen LogP contribution in [-0.2, 0) is 5.41 Å². The summed E-state index contributed by atoms with van der Waals surface area (Å²) in [6.07, 6.45) is 0. The van der Waals surface area contributed by atoms with Gasteiger partial charge in [0.05, 0.1) is 16.1 Å². The molecule has 8 aromatic rings. The Morgan fingerprint density at radius 1 is 0.511 bits per heavy atom. The minimum Gasteiger partial charge on any atom is -0.309 e. The smallest absolute Gasteiger partial charge is 0.0640 e. The van der Waals surface area contributed by atoms with Gasteiger partial charge in [-0.25, -0.2) is 0 Å². The largest absolute Gasteiger partial charge is 0.309 e. The van der Waals surface area contributed by atoms with E-state index >= 15 is 0 Å². The first-order valence-electron chi connectivity index (χ1n) is 15.6. The van der Waals surface area contributed by atoms with Crippen LogP contribution in [0.2, 0.25) is 0 Å². The maximum absolute atomic E-state index is 2.53. The molecule has 0 spiro atoms. The third-order valence-electron chi connectivity index (χ3n) is 9.63. The summed E-state index contributed by atoms with van der Waals surface area (Å²) in [7, 11) is 0. The van der Waals surface area contributed by atoms with Crippen LogP contribution in [0.15, 0.2) is 152 Å². The number of fused-ring (bicyclic) bond motifs is 7. The number of hydrogen-bond acceptors (Lipinski definition) is 2. The van der Waals surface area contributed by atoms with E-state index in [0.717, 1.165) is 5.69 Å². The number of hydrogen-bond donors (Lipinski definition) is 0. The normalized spacial score (nSPS) is 13.3. The van der Waals surface area contributed by atoms with E-state index in [4.69, 9.17) is 0 Å². The van der Waals surface area contributed by atoms with Gasteiger partial charge in [-0.15, -0.1) is 11.3 Å². The van der Waals surface area contributed by atoms with Crippen LogP contribution in [0.25, 0.3) is 53.2 Å². The Hall–Kier alpha value is -5.18. The molecule has 0 bridgehead atoms. The van der Waals surface area contributed by atoms with Crippen LogP contribution in [0.4, 0.5) is 17.1 Å². The molecule has 0 fully saturated rings. The number of nitrogens with zero attached hydrogens (tertiary/aromatic N) is 1. The van der Waals surface area contributed by atoms with Crippen molar-refractivity contribution in [2.45, 2.75) is 19.3 Å². The summed E-state index contributed by atoms with van der Waals surface area (Å²) in [5, 5.41) is 5.15. The molecule has 2 heteroatoms. The van der Waals surface area contributed by atoms with Crippen molar-refractivity contribution in [2.24, 2.45) is 0 Å². The lowest BCUT2D eigenvalue weighted by molar-refractivity contribution is 0.661. The SMILES string of the molecule is CC1(C)c2ccccc2-c2cccc(N(c3cccc(-c4cccc5ccccc45)c3)c3cccc4c3sc3ccccc34)c21. The first-order valence-corrected chi connectivity index (χ1v) is 16.4. The van der Waals surface area contributed by atoms with Crippen molar-refractivity contribution >= 4 is 59.3 Å². The van der Waals surface area contributed by atoms with Gasteiger partial charge < -0.3 is 4.90 Å². The van der Waals surface area contributed by atoms with Crippen molar-refractivity contribution < 1.29 is 0 Å². The van der Waals surface area contributed by atoms with Crippen LogP contribution < -0.4 is 4.90 Å². The van der Waals surface area contributed by atoms with E-state index in [1.807, 2.05) is 11.3 Å². The zero-order chi connectivity index (χ0) is 30.1. The molecule has 1 nitrogen and oxygen atoms in total. The predicted molar refractivity (Wildman–Crippen MR) is 195 cm³/mol. The van der Waals surface area contributed by atoms with Gasteiger partial charge in [0.1, 0.15) is 0 Å². The Labute approximate surface area is 267 Å². The van der Waals surface area contributed by atoms with Gasteiger partial charge >= 0.3 is 0 Å². The standard InChI is InChI=1S/C43H31NS/c1-43(2)37-23-7-5-18-33(37)35-21-11-24-38(41(35)43)44(39-25-12-22-36-34-19-6-8-26-40(34)45-42(36)39)30-16-9-15-29(27-30)32-20-10-14-28-13-3-4-17-31(28)32/h3-27H,1-2H3. The molecule has 7 aromatic carbocycles. The van der Waals surface area contributed by atoms with Crippen molar-refractivity contribution in [1.29, 1.82) is 0 Å². The van der Waals surface area contributed by atoms with E-state index < -0.39 is 0 Å². The van der Waals surface area contributed by atoms with Crippen molar-refractivity contribution in [3.8, 4) is 22.3 Å². The Kier molecular flexibility index (Phi) is 5.78. The quantitative estimate of drug-likeness (QED) is 0.196. The second kappa shape index (κ2) is 9.92. The Bertz CT molecular complexity index is 2420. The average Bonchev–Trinajstić information content (AvgIpc) is 3.58. The minimum atomic E-state index is -0.151. The topological polar surface area (TPSA) is 3.24 Å². The number of rotatable bonds is 4. The lowest BCUT2D eigenvalue weighted by Gasteiger charge is -2.32. The highest BCUT2D eigenvalue weighted by Gasteiger charge is 2.39. The molecule has 1 aromatic heterocycles. The summed E-state index contributed by atoms with van der Waals surface area (Å²) in [6.45, 7) is 4.76. The first-order chi connectivity index (χ1) is 22.1. The fourth-order valence-electron chi connectivity index (χ4n) is 7.61. The van der Waals surface area contributed by atoms with Crippen LogP contribution in [0.3, 0.4) is 0 Å². The Balaban J connectivity index is 1.34. The summed E-state index contributed by atoms with van der Waals surface area (Å²) in [6, 6.07) is 55.8. The zero-order valence-corrected chi connectivity index (χ0v) is 26.1. The van der Waals surface area contributed by atoms with Gasteiger partial charge in [-0.05, 0) is 74.5 Å². The second-order valence-electron chi connectivity index (χ2n) is 12.5. The van der Waals surface area contributed by atoms with Crippen molar-refractivity contribution in [2.75, 3.05) is 4.90 Å². The molecular weight excluding hydrogens is 563 g/mol. The number of anilines is 3. The molecule has 9 rings (SSSR count). The van der Waals surface area contributed by atoms with Gasteiger partial charge in [0.25, 0.3) is 0 Å². The van der Waals surface area contributed by atoms with Crippen molar-refractivity contribution in [1.82, 2.24) is 0 Å². The molecule has 0 radical (unpaired) electrons. The Morgan fingerprint density at radius 2 is 1.16 bits per heavy atom. The van der Waals surface area contributed by atoms with Crippen LogP contribution in [0.1, 0.15) is 25.0 Å². The van der Waals surface area contributed by atoms with Gasteiger partial charge in [0.2, 0.25) is 0 Å². The highest BCUT2D eigenvalue weighted by Crippen LogP contribution is 2.55. The highest BCUT2D eigenvalue weighted by atomic mass is 32.1. The summed E-state index contributed by atoms with van der Waals surface area (Å²) >= 11 is 1.89. The molecule has 1 heterocycles. The fourth-order valence-corrected chi connectivity index (χ4v) is 8.82. The van der Waals surface area contributed by atoms with Gasteiger partial charge in [-0.1, -0.05) is 135 Å². The fraction of sp³-hybridized carbons (Fsp3) is 0.0698. The second-order valence-corrected chi connectivity index (χ2v) is 13.6. The van der Waals surface area contributed by atoms with Crippen LogP contribution in [0.5, 0.6) is 0 Å². The summed E-state index contributed by atoms with van der Waals surface area (Å²) in [5.74, 6) is 0. The van der Waals surface area contributed by atoms with Crippen LogP contribution in [0, 0.1) is 0 Å². The van der Waals surface area contributed by atoms with E-state index in [1.165, 1.54) is 75.7 Å². The summed E-state index contributed by atoms with van der Waals surface area (Å²) < 4.78 is 2.62.